The van der Waals surface area contributed by atoms with E-state index in [4.69, 9.17) is 0 Å². The molecule has 1 aromatic carbocycles. The van der Waals surface area contributed by atoms with Crippen molar-refractivity contribution in [1.82, 2.24) is 15.5 Å². The van der Waals surface area contributed by atoms with Gasteiger partial charge < -0.3 is 15.5 Å². The van der Waals surface area contributed by atoms with Crippen molar-refractivity contribution in [2.75, 3.05) is 26.7 Å². The number of benzene rings is 1. The Morgan fingerprint density at radius 3 is 2.95 bits per heavy atom. The molecular formula is C15H17N3O2S. The van der Waals surface area contributed by atoms with Crippen molar-refractivity contribution in [1.29, 1.82) is 0 Å². The summed E-state index contributed by atoms with van der Waals surface area (Å²) in [7, 11) is 1.60. The van der Waals surface area contributed by atoms with Crippen molar-refractivity contribution in [3.05, 3.63) is 35.2 Å². The van der Waals surface area contributed by atoms with Crippen LogP contribution in [0.4, 0.5) is 0 Å². The lowest BCUT2D eigenvalue weighted by atomic mass is 10.1. The zero-order valence-electron chi connectivity index (χ0n) is 11.8. The summed E-state index contributed by atoms with van der Waals surface area (Å²) in [6.45, 7) is 1.76. The molecule has 110 valence electrons. The number of fused-ring (bicyclic) bond motifs is 1. The highest BCUT2D eigenvalue weighted by Crippen LogP contribution is 2.27. The molecule has 2 N–H and O–H groups in total. The Labute approximate surface area is 126 Å². The summed E-state index contributed by atoms with van der Waals surface area (Å²) in [5, 5.41) is 6.86. The molecule has 1 atom stereocenters. The van der Waals surface area contributed by atoms with Crippen LogP contribution >= 0.6 is 11.3 Å². The molecule has 1 unspecified atom stereocenters. The summed E-state index contributed by atoms with van der Waals surface area (Å²) in [5.41, 5.74) is 0. The highest BCUT2D eigenvalue weighted by molar-refractivity contribution is 7.20. The number of carbonyl (C=O) groups excluding carboxylic acids is 2. The van der Waals surface area contributed by atoms with Gasteiger partial charge in [-0.3, -0.25) is 9.59 Å². The van der Waals surface area contributed by atoms with Crippen LogP contribution in [0.25, 0.3) is 10.1 Å². The molecular weight excluding hydrogens is 286 g/mol. The van der Waals surface area contributed by atoms with Gasteiger partial charge >= 0.3 is 0 Å². The number of nitrogens with one attached hydrogen (secondary N) is 2. The molecule has 6 heteroatoms. The number of piperazine rings is 1. The van der Waals surface area contributed by atoms with Crippen LogP contribution < -0.4 is 10.6 Å². The monoisotopic (exact) mass is 303 g/mol. The van der Waals surface area contributed by atoms with E-state index in [0.29, 0.717) is 24.5 Å². The molecule has 2 aromatic rings. The Balaban J connectivity index is 1.90. The molecule has 5 nitrogen and oxygen atoms in total. The van der Waals surface area contributed by atoms with Crippen molar-refractivity contribution >= 4 is 33.2 Å². The Kier molecular flexibility index (Phi) is 3.90. The summed E-state index contributed by atoms with van der Waals surface area (Å²) < 4.78 is 1.09. The minimum absolute atomic E-state index is 0.0636. The quantitative estimate of drug-likeness (QED) is 0.872. The van der Waals surface area contributed by atoms with Crippen molar-refractivity contribution in [2.24, 2.45) is 0 Å². The second-order valence-electron chi connectivity index (χ2n) is 4.98. The second-order valence-corrected chi connectivity index (χ2v) is 6.06. The highest BCUT2D eigenvalue weighted by atomic mass is 32.1. The number of hydrogen-bond acceptors (Lipinski definition) is 4. The minimum atomic E-state index is -0.443. The Bertz CT molecular complexity index is 649. The first-order valence-corrected chi connectivity index (χ1v) is 7.74. The fourth-order valence-electron chi connectivity index (χ4n) is 2.58. The van der Waals surface area contributed by atoms with Crippen LogP contribution in [0.2, 0.25) is 0 Å². The maximum Gasteiger partial charge on any atom is 0.264 e. The molecule has 1 aliphatic heterocycles. The van der Waals surface area contributed by atoms with Gasteiger partial charge in [0.2, 0.25) is 5.91 Å². The summed E-state index contributed by atoms with van der Waals surface area (Å²) in [5.74, 6) is -0.192. The molecule has 0 bridgehead atoms. The average Bonchev–Trinajstić information content (AvgIpc) is 2.97. The number of thiophene rings is 1. The van der Waals surface area contributed by atoms with Crippen LogP contribution in [0, 0.1) is 0 Å². The van der Waals surface area contributed by atoms with Gasteiger partial charge in [0.1, 0.15) is 6.04 Å². The van der Waals surface area contributed by atoms with Crippen molar-refractivity contribution in [3.63, 3.8) is 0 Å². The van der Waals surface area contributed by atoms with Crippen LogP contribution in [0.1, 0.15) is 9.67 Å². The first kappa shape index (κ1) is 14.0. The zero-order chi connectivity index (χ0) is 14.8. The van der Waals surface area contributed by atoms with Gasteiger partial charge in [0.25, 0.3) is 5.91 Å². The van der Waals surface area contributed by atoms with Gasteiger partial charge in [-0.1, -0.05) is 18.2 Å². The van der Waals surface area contributed by atoms with Gasteiger partial charge in [0, 0.05) is 31.4 Å². The molecule has 1 saturated heterocycles. The molecule has 1 aliphatic rings. The Hall–Kier alpha value is -1.92. The summed E-state index contributed by atoms with van der Waals surface area (Å²) in [6.07, 6.45) is 0. The van der Waals surface area contributed by atoms with Crippen molar-refractivity contribution in [2.45, 2.75) is 6.04 Å². The van der Waals surface area contributed by atoms with Crippen LogP contribution in [-0.2, 0) is 4.79 Å². The van der Waals surface area contributed by atoms with Gasteiger partial charge in [0.05, 0.1) is 4.88 Å². The molecule has 2 heterocycles. The van der Waals surface area contributed by atoms with Crippen molar-refractivity contribution < 1.29 is 9.59 Å². The van der Waals surface area contributed by atoms with Gasteiger partial charge in [0.15, 0.2) is 0 Å². The summed E-state index contributed by atoms with van der Waals surface area (Å²) in [6, 6.07) is 9.39. The fraction of sp³-hybridized carbons (Fsp3) is 0.333. The predicted molar refractivity (Wildman–Crippen MR) is 83.6 cm³/mol. The molecule has 0 radical (unpaired) electrons. The highest BCUT2D eigenvalue weighted by Gasteiger charge is 2.32. The van der Waals surface area contributed by atoms with E-state index in [-0.39, 0.29) is 11.8 Å². The van der Waals surface area contributed by atoms with Crippen LogP contribution in [0.15, 0.2) is 30.3 Å². The minimum Gasteiger partial charge on any atom is -0.357 e. The van der Waals surface area contributed by atoms with Crippen LogP contribution in [0.3, 0.4) is 0 Å². The number of nitrogens with zero attached hydrogens (tertiary/aromatic N) is 1. The predicted octanol–water partition coefficient (Wildman–Crippen LogP) is 1.06. The molecule has 0 aliphatic carbocycles. The molecule has 1 aromatic heterocycles. The summed E-state index contributed by atoms with van der Waals surface area (Å²) >= 11 is 1.48. The lowest BCUT2D eigenvalue weighted by Crippen LogP contribution is -2.59. The number of likely N-dealkylation sites (N-methyl/N-ethyl adjacent to an activating group) is 1. The van der Waals surface area contributed by atoms with Gasteiger partial charge in [-0.25, -0.2) is 0 Å². The third kappa shape index (κ3) is 2.64. The van der Waals surface area contributed by atoms with E-state index in [1.165, 1.54) is 11.3 Å². The lowest BCUT2D eigenvalue weighted by molar-refractivity contribution is -0.125. The van der Waals surface area contributed by atoms with Gasteiger partial charge in [-0.15, -0.1) is 11.3 Å². The molecule has 3 rings (SSSR count). The normalized spacial score (nSPS) is 18.7. The first-order valence-electron chi connectivity index (χ1n) is 6.92. The Morgan fingerprint density at radius 2 is 2.19 bits per heavy atom. The first-order chi connectivity index (χ1) is 10.2. The second kappa shape index (κ2) is 5.83. The number of amides is 2. The van der Waals surface area contributed by atoms with Crippen molar-refractivity contribution in [3.8, 4) is 0 Å². The van der Waals surface area contributed by atoms with Gasteiger partial charge in [-0.05, 0) is 17.5 Å². The van der Waals surface area contributed by atoms with E-state index in [9.17, 15) is 9.59 Å². The smallest absolute Gasteiger partial charge is 0.264 e. The molecule has 2 amide bonds. The van der Waals surface area contributed by atoms with E-state index in [0.717, 1.165) is 10.1 Å². The van der Waals surface area contributed by atoms with Gasteiger partial charge in [-0.2, -0.15) is 0 Å². The average molecular weight is 303 g/mol. The fourth-order valence-corrected chi connectivity index (χ4v) is 3.60. The molecule has 0 spiro atoms. The molecule has 0 saturated carbocycles. The largest absolute Gasteiger partial charge is 0.357 e. The number of rotatable bonds is 2. The number of carbonyl (C=O) groups is 2. The van der Waals surface area contributed by atoms with Crippen LogP contribution in [-0.4, -0.2) is 49.4 Å². The SMILES string of the molecule is CNC(=O)C1CNCCN1C(=O)c1cc2ccccc2s1. The number of hydrogen-bond donors (Lipinski definition) is 2. The van der Waals surface area contributed by atoms with E-state index in [2.05, 4.69) is 10.6 Å². The maximum atomic E-state index is 12.7. The van der Waals surface area contributed by atoms with E-state index in [1.54, 1.807) is 11.9 Å². The standard InChI is InChI=1S/C15H17N3O2S/c1-16-14(19)11-9-17-6-7-18(11)15(20)13-8-10-4-2-3-5-12(10)21-13/h2-5,8,11,17H,6-7,9H2,1H3,(H,16,19). The maximum absolute atomic E-state index is 12.7. The summed E-state index contributed by atoms with van der Waals surface area (Å²) in [4.78, 5) is 27.0. The van der Waals surface area contributed by atoms with E-state index < -0.39 is 6.04 Å². The third-order valence-corrected chi connectivity index (χ3v) is 4.79. The molecule has 1 fully saturated rings. The topological polar surface area (TPSA) is 61.4 Å². The van der Waals surface area contributed by atoms with E-state index >= 15 is 0 Å². The lowest BCUT2D eigenvalue weighted by Gasteiger charge is -2.34. The zero-order valence-corrected chi connectivity index (χ0v) is 12.6. The van der Waals surface area contributed by atoms with E-state index in [1.807, 2.05) is 30.3 Å². The third-order valence-electron chi connectivity index (χ3n) is 3.69. The Morgan fingerprint density at radius 1 is 1.38 bits per heavy atom. The van der Waals surface area contributed by atoms with Crippen LogP contribution in [0.5, 0.6) is 0 Å². The molecule has 21 heavy (non-hydrogen) atoms.